The van der Waals surface area contributed by atoms with E-state index < -0.39 is 0 Å². The lowest BCUT2D eigenvalue weighted by molar-refractivity contribution is 1.60. The van der Waals surface area contributed by atoms with Crippen LogP contribution in [0.2, 0.25) is 25.1 Å². The average Bonchev–Trinajstić information content (AvgIpc) is 2.21. The fourth-order valence-corrected chi connectivity index (χ4v) is 2.69. The molecular formula is C12H4Cl5. The van der Waals surface area contributed by atoms with Crippen LogP contribution in [-0.2, 0) is 0 Å². The highest BCUT2D eigenvalue weighted by atomic mass is 35.5. The minimum atomic E-state index is 0.348. The van der Waals surface area contributed by atoms with Gasteiger partial charge in [-0.2, -0.15) is 0 Å². The van der Waals surface area contributed by atoms with E-state index >= 15 is 0 Å². The monoisotopic (exact) mass is 323 g/mol. The quantitative estimate of drug-likeness (QED) is 0.567. The number of hydrogen-bond acceptors (Lipinski definition) is 0. The molecule has 2 aromatic rings. The minimum Gasteiger partial charge on any atom is -0.0836 e. The second-order valence-electron chi connectivity index (χ2n) is 3.28. The molecule has 0 aliphatic heterocycles. The highest BCUT2D eigenvalue weighted by Crippen LogP contribution is 2.38. The van der Waals surface area contributed by atoms with E-state index in [-0.39, 0.29) is 0 Å². The average molecular weight is 325 g/mol. The van der Waals surface area contributed by atoms with Gasteiger partial charge in [-0.25, -0.2) is 0 Å². The summed E-state index contributed by atoms with van der Waals surface area (Å²) in [4.78, 5) is 0. The molecule has 0 fully saturated rings. The van der Waals surface area contributed by atoms with Crippen LogP contribution in [0, 0.1) is 6.07 Å². The van der Waals surface area contributed by atoms with Crippen LogP contribution in [0.3, 0.4) is 0 Å². The Morgan fingerprint density at radius 3 is 2.06 bits per heavy atom. The molecule has 0 aliphatic rings. The van der Waals surface area contributed by atoms with Crippen molar-refractivity contribution in [2.75, 3.05) is 0 Å². The molecule has 0 saturated carbocycles. The van der Waals surface area contributed by atoms with Crippen molar-refractivity contribution in [1.82, 2.24) is 0 Å². The van der Waals surface area contributed by atoms with Gasteiger partial charge in [0.05, 0.1) is 25.1 Å². The third-order valence-corrected chi connectivity index (χ3v) is 3.67. The molecule has 17 heavy (non-hydrogen) atoms. The van der Waals surface area contributed by atoms with Crippen LogP contribution in [0.15, 0.2) is 24.3 Å². The Morgan fingerprint density at radius 2 is 1.47 bits per heavy atom. The van der Waals surface area contributed by atoms with Gasteiger partial charge in [0.15, 0.2) is 0 Å². The lowest BCUT2D eigenvalue weighted by Crippen LogP contribution is -1.83. The summed E-state index contributed by atoms with van der Waals surface area (Å²) in [6, 6.07) is 9.51. The molecule has 0 spiro atoms. The Hall–Kier alpha value is -0.110. The zero-order chi connectivity index (χ0) is 12.6. The van der Waals surface area contributed by atoms with E-state index in [1.165, 1.54) is 0 Å². The molecule has 0 unspecified atom stereocenters. The van der Waals surface area contributed by atoms with E-state index in [1.807, 2.05) is 0 Å². The number of hydrogen-bond donors (Lipinski definition) is 0. The van der Waals surface area contributed by atoms with Gasteiger partial charge in [0.1, 0.15) is 0 Å². The summed E-state index contributed by atoms with van der Waals surface area (Å²) >= 11 is 29.7. The van der Waals surface area contributed by atoms with Crippen LogP contribution < -0.4 is 0 Å². The normalized spacial score (nSPS) is 10.6. The molecule has 0 amide bonds. The second-order valence-corrected chi connectivity index (χ2v) is 5.29. The third-order valence-electron chi connectivity index (χ3n) is 2.15. The molecule has 2 aromatic carbocycles. The largest absolute Gasteiger partial charge is 0.0836 e. The van der Waals surface area contributed by atoms with Crippen molar-refractivity contribution in [3.63, 3.8) is 0 Å². The highest BCUT2D eigenvalue weighted by Gasteiger charge is 2.11. The number of halogens is 5. The summed E-state index contributed by atoms with van der Waals surface area (Å²) in [5.74, 6) is 0. The lowest BCUT2D eigenvalue weighted by atomic mass is 10.1. The summed E-state index contributed by atoms with van der Waals surface area (Å²) in [6.07, 6.45) is 0. The van der Waals surface area contributed by atoms with Crippen LogP contribution in [0.4, 0.5) is 0 Å². The van der Waals surface area contributed by atoms with Gasteiger partial charge in [-0.15, -0.1) is 0 Å². The van der Waals surface area contributed by atoms with E-state index in [2.05, 4.69) is 6.07 Å². The molecule has 0 saturated heterocycles. The summed E-state index contributed by atoms with van der Waals surface area (Å²) < 4.78 is 0. The van der Waals surface area contributed by atoms with E-state index in [4.69, 9.17) is 58.0 Å². The Kier molecular flexibility index (Phi) is 4.12. The summed E-state index contributed by atoms with van der Waals surface area (Å²) in [6.45, 7) is 0. The Balaban J connectivity index is 2.64. The first-order valence-corrected chi connectivity index (χ1v) is 6.40. The fourth-order valence-electron chi connectivity index (χ4n) is 1.41. The molecule has 87 valence electrons. The van der Waals surface area contributed by atoms with Gasteiger partial charge < -0.3 is 0 Å². The van der Waals surface area contributed by atoms with Crippen LogP contribution >= 0.6 is 58.0 Å². The van der Waals surface area contributed by atoms with Crippen molar-refractivity contribution in [2.24, 2.45) is 0 Å². The zero-order valence-corrected chi connectivity index (χ0v) is 12.0. The molecule has 0 atom stereocenters. The summed E-state index contributed by atoms with van der Waals surface area (Å²) in [5, 5.41) is 2.06. The van der Waals surface area contributed by atoms with E-state index in [9.17, 15) is 0 Å². The predicted octanol–water partition coefficient (Wildman–Crippen LogP) is 6.42. The van der Waals surface area contributed by atoms with Gasteiger partial charge in [0.2, 0.25) is 0 Å². The smallest absolute Gasteiger partial charge is 0.0598 e. The van der Waals surface area contributed by atoms with Gasteiger partial charge in [-0.1, -0.05) is 64.1 Å². The van der Waals surface area contributed by atoms with Crippen LogP contribution in [0.5, 0.6) is 0 Å². The number of benzene rings is 2. The zero-order valence-electron chi connectivity index (χ0n) is 8.20. The van der Waals surface area contributed by atoms with Crippen LogP contribution in [0.25, 0.3) is 11.1 Å². The molecule has 0 aliphatic carbocycles. The molecular weight excluding hydrogens is 321 g/mol. The SMILES string of the molecule is Clc1[c]c(Cl)c(-c2ccc(Cl)c(Cl)c2)c(Cl)c1. The van der Waals surface area contributed by atoms with Gasteiger partial charge in [-0.05, 0) is 23.8 Å². The van der Waals surface area contributed by atoms with E-state index in [1.54, 1.807) is 24.3 Å². The maximum absolute atomic E-state index is 6.10. The molecule has 0 aromatic heterocycles. The van der Waals surface area contributed by atoms with Crippen molar-refractivity contribution in [2.45, 2.75) is 0 Å². The topological polar surface area (TPSA) is 0 Å². The van der Waals surface area contributed by atoms with Gasteiger partial charge in [0.25, 0.3) is 0 Å². The predicted molar refractivity (Wildman–Crippen MR) is 75.8 cm³/mol. The first kappa shape index (κ1) is 13.3. The van der Waals surface area contributed by atoms with Crippen molar-refractivity contribution in [3.8, 4) is 11.1 Å². The molecule has 2 rings (SSSR count). The second kappa shape index (κ2) is 5.26. The standard InChI is InChI=1S/C12H4Cl5/c13-7-4-10(16)12(11(17)5-7)6-1-2-8(14)9(15)3-6/h1-4H. The molecule has 5 heteroatoms. The number of rotatable bonds is 1. The molecule has 0 nitrogen and oxygen atoms in total. The Bertz CT molecular complexity index is 554. The van der Waals surface area contributed by atoms with Crippen molar-refractivity contribution < 1.29 is 0 Å². The Labute approximate surface area is 124 Å². The van der Waals surface area contributed by atoms with E-state index in [0.717, 1.165) is 5.56 Å². The molecule has 0 bridgehead atoms. The fraction of sp³-hybridized carbons (Fsp3) is 0. The maximum Gasteiger partial charge on any atom is 0.0598 e. The Morgan fingerprint density at radius 1 is 0.765 bits per heavy atom. The molecule has 1 radical (unpaired) electrons. The summed E-state index contributed by atoms with van der Waals surface area (Å²) in [5.41, 5.74) is 1.40. The van der Waals surface area contributed by atoms with Crippen molar-refractivity contribution >= 4 is 58.0 Å². The first-order chi connectivity index (χ1) is 7.99. The first-order valence-electron chi connectivity index (χ1n) is 4.51. The van der Waals surface area contributed by atoms with Crippen LogP contribution in [0.1, 0.15) is 0 Å². The third kappa shape index (κ3) is 2.83. The molecule has 0 heterocycles. The van der Waals surface area contributed by atoms with Gasteiger partial charge >= 0.3 is 0 Å². The van der Waals surface area contributed by atoms with Crippen LogP contribution in [-0.4, -0.2) is 0 Å². The van der Waals surface area contributed by atoms with Crippen molar-refractivity contribution in [3.05, 3.63) is 55.4 Å². The lowest BCUT2D eigenvalue weighted by Gasteiger charge is -2.08. The van der Waals surface area contributed by atoms with Gasteiger partial charge in [0, 0.05) is 11.6 Å². The maximum atomic E-state index is 6.10. The van der Waals surface area contributed by atoms with E-state index in [0.29, 0.717) is 30.7 Å². The van der Waals surface area contributed by atoms with Gasteiger partial charge in [-0.3, -0.25) is 0 Å². The van der Waals surface area contributed by atoms with Crippen molar-refractivity contribution in [1.29, 1.82) is 0 Å². The summed E-state index contributed by atoms with van der Waals surface area (Å²) in [7, 11) is 0. The molecule has 0 N–H and O–H groups in total. The highest BCUT2D eigenvalue weighted by molar-refractivity contribution is 6.43. The minimum absolute atomic E-state index is 0.348.